The van der Waals surface area contributed by atoms with Crippen LogP contribution in [0.15, 0.2) is 72.8 Å². The third-order valence-electron chi connectivity index (χ3n) is 6.14. The fourth-order valence-electron chi connectivity index (χ4n) is 4.07. The van der Waals surface area contributed by atoms with Crippen LogP contribution in [0, 0.1) is 0 Å². The third-order valence-corrected chi connectivity index (χ3v) is 6.14. The molecule has 2 aromatic rings. The van der Waals surface area contributed by atoms with Crippen LogP contribution in [0.1, 0.15) is 51.7 Å². The first-order chi connectivity index (χ1) is 19.5. The molecule has 0 saturated heterocycles. The fourth-order valence-corrected chi connectivity index (χ4v) is 4.07. The predicted molar refractivity (Wildman–Crippen MR) is 156 cm³/mol. The second-order valence-electron chi connectivity index (χ2n) is 9.26. The van der Waals surface area contributed by atoms with Crippen LogP contribution < -0.4 is 10.6 Å². The minimum absolute atomic E-state index is 0.0474. The average Bonchev–Trinajstić information content (AvgIpc) is 2.93. The molecule has 2 amide bonds. The van der Waals surface area contributed by atoms with E-state index in [-0.39, 0.29) is 37.6 Å². The summed E-state index contributed by atoms with van der Waals surface area (Å²) in [7, 11) is 0. The van der Waals surface area contributed by atoms with Gasteiger partial charge in [-0.3, -0.25) is 10.6 Å². The highest BCUT2D eigenvalue weighted by Gasteiger charge is 2.35. The molecule has 10 heteroatoms. The molecule has 0 aliphatic rings. The van der Waals surface area contributed by atoms with E-state index in [1.54, 1.807) is 52.0 Å². The monoisotopic (exact) mass is 566 g/mol. The van der Waals surface area contributed by atoms with E-state index in [4.69, 9.17) is 18.9 Å². The first kappa shape index (κ1) is 32.6. The van der Waals surface area contributed by atoms with Crippen molar-refractivity contribution in [1.29, 1.82) is 0 Å². The van der Waals surface area contributed by atoms with Crippen LogP contribution in [0.5, 0.6) is 0 Å². The molecule has 10 nitrogen and oxygen atoms in total. The van der Waals surface area contributed by atoms with Gasteiger partial charge in [0.05, 0.1) is 26.4 Å². The van der Waals surface area contributed by atoms with E-state index < -0.39 is 29.5 Å². The van der Waals surface area contributed by atoms with Crippen molar-refractivity contribution in [2.45, 2.75) is 46.0 Å². The van der Waals surface area contributed by atoms with E-state index in [0.29, 0.717) is 24.2 Å². The van der Waals surface area contributed by atoms with Crippen molar-refractivity contribution in [2.75, 3.05) is 37.1 Å². The maximum absolute atomic E-state index is 12.2. The summed E-state index contributed by atoms with van der Waals surface area (Å²) in [5.41, 5.74) is 2.42. The van der Waals surface area contributed by atoms with Gasteiger partial charge in [0.25, 0.3) is 0 Å². The number of ether oxygens (including phenoxy) is 4. The maximum Gasteiger partial charge on any atom is 0.411 e. The van der Waals surface area contributed by atoms with Crippen LogP contribution in [-0.4, -0.2) is 50.6 Å². The summed E-state index contributed by atoms with van der Waals surface area (Å²) >= 11 is 0. The molecule has 0 unspecified atom stereocenters. The lowest BCUT2D eigenvalue weighted by Crippen LogP contribution is -2.32. The Morgan fingerprint density at radius 2 is 0.976 bits per heavy atom. The van der Waals surface area contributed by atoms with E-state index in [1.165, 1.54) is 0 Å². The van der Waals surface area contributed by atoms with Gasteiger partial charge in [-0.15, -0.1) is 0 Å². The molecule has 0 aliphatic heterocycles. The van der Waals surface area contributed by atoms with Crippen molar-refractivity contribution in [2.24, 2.45) is 0 Å². The quantitative estimate of drug-likeness (QED) is 0.159. The Hall–Kier alpha value is -4.60. The molecule has 220 valence electrons. The number of esters is 2. The molecular weight excluding hydrogens is 528 g/mol. The number of carbonyl (C=O) groups is 4. The summed E-state index contributed by atoms with van der Waals surface area (Å²) in [5.74, 6) is -1.04. The average molecular weight is 567 g/mol. The van der Waals surface area contributed by atoms with E-state index in [0.717, 1.165) is 11.1 Å². The molecule has 2 aromatic carbocycles. The number of amides is 2. The Morgan fingerprint density at radius 3 is 1.27 bits per heavy atom. The van der Waals surface area contributed by atoms with Crippen molar-refractivity contribution in [3.8, 4) is 0 Å². The first-order valence-corrected chi connectivity index (χ1v) is 13.3. The minimum Gasteiger partial charge on any atom is -0.462 e. The van der Waals surface area contributed by atoms with Crippen LogP contribution >= 0.6 is 0 Å². The van der Waals surface area contributed by atoms with Crippen molar-refractivity contribution in [1.82, 2.24) is 0 Å². The van der Waals surface area contributed by atoms with E-state index in [2.05, 4.69) is 23.8 Å². The van der Waals surface area contributed by atoms with Crippen LogP contribution in [-0.2, 0) is 34.0 Å². The Bertz CT molecular complexity index is 1140. The SMILES string of the molecule is C=C(C)C(=O)OCCC(CCOC(=O)C(=C)C)(c1ccc(NC(=O)OCC)cc1)c1ccc(NC(=O)OCC)cc1. The molecule has 0 spiro atoms. The second kappa shape index (κ2) is 15.9. The van der Waals surface area contributed by atoms with Crippen molar-refractivity contribution >= 4 is 35.5 Å². The summed E-state index contributed by atoms with van der Waals surface area (Å²) in [6.07, 6.45) is -0.498. The zero-order valence-electron chi connectivity index (χ0n) is 24.0. The van der Waals surface area contributed by atoms with Gasteiger partial charge in [0.1, 0.15) is 0 Å². The minimum atomic E-state index is -0.810. The molecule has 2 N–H and O–H groups in total. The van der Waals surface area contributed by atoms with E-state index in [9.17, 15) is 19.2 Å². The Balaban J connectivity index is 2.52. The highest BCUT2D eigenvalue weighted by molar-refractivity contribution is 5.87. The second-order valence-corrected chi connectivity index (χ2v) is 9.26. The van der Waals surface area contributed by atoms with Gasteiger partial charge < -0.3 is 18.9 Å². The Morgan fingerprint density at radius 1 is 0.634 bits per heavy atom. The van der Waals surface area contributed by atoms with Gasteiger partial charge in [-0.2, -0.15) is 0 Å². The third kappa shape index (κ3) is 9.82. The van der Waals surface area contributed by atoms with Gasteiger partial charge in [0.2, 0.25) is 0 Å². The van der Waals surface area contributed by atoms with Crippen LogP contribution in [0.2, 0.25) is 0 Å². The van der Waals surface area contributed by atoms with Crippen LogP contribution in [0.3, 0.4) is 0 Å². The van der Waals surface area contributed by atoms with Crippen molar-refractivity contribution < 1.29 is 38.1 Å². The van der Waals surface area contributed by atoms with Crippen molar-refractivity contribution in [3.05, 3.63) is 84.0 Å². The molecule has 2 rings (SSSR count). The molecule has 0 radical (unpaired) electrons. The normalized spacial score (nSPS) is 10.6. The number of hydrogen-bond acceptors (Lipinski definition) is 8. The van der Waals surface area contributed by atoms with Gasteiger partial charge in [-0.25, -0.2) is 19.2 Å². The molecule has 41 heavy (non-hydrogen) atoms. The molecule has 0 atom stereocenters. The summed E-state index contributed by atoms with van der Waals surface area (Å²) in [6.45, 7) is 14.4. The predicted octanol–water partition coefficient (Wildman–Crippen LogP) is 6.13. The van der Waals surface area contributed by atoms with Gasteiger partial charge in [-0.1, -0.05) is 37.4 Å². The van der Waals surface area contributed by atoms with Crippen LogP contribution in [0.25, 0.3) is 0 Å². The molecule has 0 bridgehead atoms. The molecule has 0 aromatic heterocycles. The molecule has 0 saturated carbocycles. The lowest BCUT2D eigenvalue weighted by molar-refractivity contribution is -0.139. The van der Waals surface area contributed by atoms with Crippen molar-refractivity contribution in [3.63, 3.8) is 0 Å². The lowest BCUT2D eigenvalue weighted by Gasteiger charge is -2.35. The van der Waals surface area contributed by atoms with E-state index >= 15 is 0 Å². The standard InChI is InChI=1S/C31H38N2O8/c1-7-38-29(36)32-25-13-9-23(10-14-25)31(17-19-40-27(34)21(3)4,18-20-41-28(35)22(5)6)24-11-15-26(16-12-24)33-30(37)39-8-2/h9-16H,3,5,7-8,17-20H2,1-2,4,6H3,(H,32,36)(H,33,37). The number of carbonyl (C=O) groups excluding carboxylic acids is 4. The number of rotatable bonds is 14. The Labute approximate surface area is 240 Å². The summed E-state index contributed by atoms with van der Waals surface area (Å²) in [5, 5.41) is 5.33. The van der Waals surface area contributed by atoms with Gasteiger partial charge in [0, 0.05) is 27.9 Å². The fraction of sp³-hybridized carbons (Fsp3) is 0.355. The number of hydrogen-bond donors (Lipinski definition) is 2. The molecule has 0 heterocycles. The van der Waals surface area contributed by atoms with Gasteiger partial charge in [0.15, 0.2) is 0 Å². The zero-order valence-corrected chi connectivity index (χ0v) is 24.0. The Kier molecular flexibility index (Phi) is 12.6. The summed E-state index contributed by atoms with van der Waals surface area (Å²) < 4.78 is 20.8. The molecule has 0 fully saturated rings. The largest absolute Gasteiger partial charge is 0.462 e. The zero-order chi connectivity index (χ0) is 30.4. The first-order valence-electron chi connectivity index (χ1n) is 13.3. The lowest BCUT2D eigenvalue weighted by atomic mass is 9.70. The maximum atomic E-state index is 12.2. The smallest absolute Gasteiger partial charge is 0.411 e. The topological polar surface area (TPSA) is 129 Å². The van der Waals surface area contributed by atoms with Crippen LogP contribution in [0.4, 0.5) is 21.0 Å². The number of nitrogens with one attached hydrogen (secondary N) is 2. The summed E-state index contributed by atoms with van der Waals surface area (Å²) in [6, 6.07) is 14.3. The molecular formula is C31H38N2O8. The van der Waals surface area contributed by atoms with Gasteiger partial charge in [-0.05, 0) is 75.9 Å². The summed E-state index contributed by atoms with van der Waals surface area (Å²) in [4.78, 5) is 48.2. The molecule has 0 aliphatic carbocycles. The highest BCUT2D eigenvalue weighted by Crippen LogP contribution is 2.40. The number of benzene rings is 2. The van der Waals surface area contributed by atoms with Gasteiger partial charge >= 0.3 is 24.1 Å². The van der Waals surface area contributed by atoms with E-state index in [1.807, 2.05) is 24.3 Å². The highest BCUT2D eigenvalue weighted by atomic mass is 16.6. The number of anilines is 2.